The van der Waals surface area contributed by atoms with Gasteiger partial charge >= 0.3 is 0 Å². The normalized spacial score (nSPS) is 10.5. The molecule has 62 valence electrons. The van der Waals surface area contributed by atoms with Crippen LogP contribution in [0.5, 0.6) is 5.88 Å². The molecule has 2 heterocycles. The summed E-state index contributed by atoms with van der Waals surface area (Å²) in [5.74, 6) is 0.462. The van der Waals surface area contributed by atoms with Crippen LogP contribution in [0.3, 0.4) is 0 Å². The highest BCUT2D eigenvalue weighted by Crippen LogP contribution is 2.25. The molecule has 2 aromatic heterocycles. The molecule has 0 amide bonds. The Hall–Kier alpha value is -1.22. The average Bonchev–Trinajstić information content (AvgIpc) is 2.49. The summed E-state index contributed by atoms with van der Waals surface area (Å²) >= 11 is 5.85. The van der Waals surface area contributed by atoms with Crippen LogP contribution in [0, 0.1) is 0 Å². The van der Waals surface area contributed by atoms with Crippen LogP contribution in [0.1, 0.15) is 0 Å². The number of nitrogens with one attached hydrogen (secondary N) is 1. The van der Waals surface area contributed by atoms with E-state index >= 15 is 0 Å². The number of hydrogen-bond acceptors (Lipinski definition) is 2. The van der Waals surface area contributed by atoms with Crippen molar-refractivity contribution in [3.05, 3.63) is 23.4 Å². The van der Waals surface area contributed by atoms with Crippen molar-refractivity contribution in [3.63, 3.8) is 0 Å². The molecule has 0 aliphatic heterocycles. The minimum atomic E-state index is 0.462. The third-order valence-electron chi connectivity index (χ3n) is 1.65. The number of pyridine rings is 1. The molecule has 0 unspecified atom stereocenters. The summed E-state index contributed by atoms with van der Waals surface area (Å²) in [5.41, 5.74) is 1.78. The number of nitrogens with zero attached hydrogens (tertiary/aromatic N) is 1. The van der Waals surface area contributed by atoms with Crippen LogP contribution in [-0.4, -0.2) is 17.1 Å². The number of aromatic amines is 1. The summed E-state index contributed by atoms with van der Waals surface area (Å²) in [5, 5.41) is 0.521. The van der Waals surface area contributed by atoms with E-state index in [4.69, 9.17) is 16.3 Å². The Morgan fingerprint density at radius 3 is 3.17 bits per heavy atom. The third-order valence-corrected chi connectivity index (χ3v) is 1.92. The van der Waals surface area contributed by atoms with Crippen molar-refractivity contribution in [1.82, 2.24) is 9.97 Å². The van der Waals surface area contributed by atoms with Crippen LogP contribution < -0.4 is 4.74 Å². The molecule has 0 spiro atoms. The maximum absolute atomic E-state index is 5.85. The third kappa shape index (κ3) is 1.02. The molecule has 0 saturated carbocycles. The first kappa shape index (κ1) is 7.43. The van der Waals surface area contributed by atoms with Crippen molar-refractivity contribution >= 4 is 22.6 Å². The standard InChI is InChI=1S/C8H7ClN2O/c1-12-8-5(9)4-7-6(11-8)2-3-10-7/h2-4,10H,1H3. The molecule has 4 heteroatoms. The van der Waals surface area contributed by atoms with Crippen molar-refractivity contribution in [1.29, 1.82) is 0 Å². The Morgan fingerprint density at radius 2 is 2.42 bits per heavy atom. The molecule has 1 N–H and O–H groups in total. The second-order valence-corrected chi connectivity index (χ2v) is 2.80. The maximum atomic E-state index is 5.85. The Labute approximate surface area is 74.3 Å². The van der Waals surface area contributed by atoms with Gasteiger partial charge in [0.05, 0.1) is 18.1 Å². The first-order valence-corrected chi connectivity index (χ1v) is 3.86. The highest BCUT2D eigenvalue weighted by molar-refractivity contribution is 6.32. The molecule has 3 nitrogen and oxygen atoms in total. The Morgan fingerprint density at radius 1 is 1.58 bits per heavy atom. The van der Waals surface area contributed by atoms with Crippen molar-refractivity contribution in [2.24, 2.45) is 0 Å². The second-order valence-electron chi connectivity index (χ2n) is 2.39. The Kier molecular flexibility index (Phi) is 1.66. The Bertz CT molecular complexity index is 410. The van der Waals surface area contributed by atoms with Gasteiger partial charge in [-0.15, -0.1) is 0 Å². The van der Waals surface area contributed by atoms with E-state index in [-0.39, 0.29) is 0 Å². The van der Waals surface area contributed by atoms with Gasteiger partial charge in [0.2, 0.25) is 5.88 Å². The van der Waals surface area contributed by atoms with Gasteiger partial charge in [-0.1, -0.05) is 11.6 Å². The number of hydrogen-bond donors (Lipinski definition) is 1. The van der Waals surface area contributed by atoms with E-state index in [2.05, 4.69) is 9.97 Å². The van der Waals surface area contributed by atoms with Gasteiger partial charge in [0.25, 0.3) is 0 Å². The van der Waals surface area contributed by atoms with Crippen LogP contribution >= 0.6 is 11.6 Å². The number of aromatic nitrogens is 2. The second kappa shape index (κ2) is 2.68. The van der Waals surface area contributed by atoms with Gasteiger partial charge in [-0.05, 0) is 12.1 Å². The van der Waals surface area contributed by atoms with Crippen molar-refractivity contribution in [2.45, 2.75) is 0 Å². The van der Waals surface area contributed by atoms with Gasteiger partial charge in [-0.25, -0.2) is 4.98 Å². The summed E-state index contributed by atoms with van der Waals surface area (Å²) in [6, 6.07) is 3.66. The SMILES string of the molecule is COc1nc2cc[nH]c2cc1Cl. The minimum absolute atomic E-state index is 0.462. The van der Waals surface area contributed by atoms with E-state index in [1.807, 2.05) is 12.3 Å². The molecule has 0 atom stereocenters. The highest BCUT2D eigenvalue weighted by Gasteiger charge is 2.04. The Balaban J connectivity index is 2.73. The number of ether oxygens (including phenoxy) is 1. The minimum Gasteiger partial charge on any atom is -0.480 e. The smallest absolute Gasteiger partial charge is 0.233 e. The van der Waals surface area contributed by atoms with Gasteiger partial charge in [-0.2, -0.15) is 0 Å². The fraction of sp³-hybridized carbons (Fsp3) is 0.125. The van der Waals surface area contributed by atoms with E-state index in [1.165, 1.54) is 0 Å². The van der Waals surface area contributed by atoms with Gasteiger partial charge in [-0.3, -0.25) is 0 Å². The highest BCUT2D eigenvalue weighted by atomic mass is 35.5. The van der Waals surface area contributed by atoms with Crippen molar-refractivity contribution < 1.29 is 4.74 Å². The molecule has 0 aromatic carbocycles. The number of halogens is 1. The van der Waals surface area contributed by atoms with E-state index in [0.717, 1.165) is 11.0 Å². The first-order chi connectivity index (χ1) is 5.81. The number of fused-ring (bicyclic) bond motifs is 1. The predicted molar refractivity (Wildman–Crippen MR) is 47.7 cm³/mol. The molecular formula is C8H7ClN2O. The van der Waals surface area contributed by atoms with Crippen LogP contribution in [-0.2, 0) is 0 Å². The molecule has 12 heavy (non-hydrogen) atoms. The fourth-order valence-electron chi connectivity index (χ4n) is 1.08. The molecule has 0 fully saturated rings. The largest absolute Gasteiger partial charge is 0.480 e. The topological polar surface area (TPSA) is 37.9 Å². The van der Waals surface area contributed by atoms with Gasteiger partial charge < -0.3 is 9.72 Å². The summed E-state index contributed by atoms with van der Waals surface area (Å²) in [6.07, 6.45) is 1.81. The molecule has 0 aliphatic carbocycles. The molecular weight excluding hydrogens is 176 g/mol. The summed E-state index contributed by atoms with van der Waals surface area (Å²) < 4.78 is 4.97. The van der Waals surface area contributed by atoms with Gasteiger partial charge in [0.1, 0.15) is 5.02 Å². The van der Waals surface area contributed by atoms with E-state index in [9.17, 15) is 0 Å². The van der Waals surface area contributed by atoms with Crippen LogP contribution in [0.4, 0.5) is 0 Å². The predicted octanol–water partition coefficient (Wildman–Crippen LogP) is 2.22. The zero-order valence-electron chi connectivity index (χ0n) is 6.47. The lowest BCUT2D eigenvalue weighted by Gasteiger charge is -2.00. The first-order valence-electron chi connectivity index (χ1n) is 3.49. The molecule has 0 aliphatic rings. The molecule has 2 rings (SSSR count). The molecule has 0 bridgehead atoms. The van der Waals surface area contributed by atoms with Crippen LogP contribution in [0.25, 0.3) is 11.0 Å². The zero-order valence-corrected chi connectivity index (χ0v) is 7.22. The zero-order chi connectivity index (χ0) is 8.55. The van der Waals surface area contributed by atoms with Gasteiger partial charge in [0.15, 0.2) is 0 Å². The van der Waals surface area contributed by atoms with Gasteiger partial charge in [0, 0.05) is 6.20 Å². The van der Waals surface area contributed by atoms with E-state index < -0.39 is 0 Å². The number of H-pyrrole nitrogens is 1. The van der Waals surface area contributed by atoms with Crippen LogP contribution in [0.2, 0.25) is 5.02 Å². The fourth-order valence-corrected chi connectivity index (χ4v) is 1.31. The summed E-state index contributed by atoms with van der Waals surface area (Å²) in [4.78, 5) is 7.18. The van der Waals surface area contributed by atoms with Crippen molar-refractivity contribution in [2.75, 3.05) is 7.11 Å². The maximum Gasteiger partial charge on any atom is 0.233 e. The average molecular weight is 183 g/mol. The molecule has 0 saturated heterocycles. The van der Waals surface area contributed by atoms with E-state index in [0.29, 0.717) is 10.9 Å². The lowest BCUT2D eigenvalue weighted by atomic mass is 10.4. The lowest BCUT2D eigenvalue weighted by Crippen LogP contribution is -1.88. The number of methoxy groups -OCH3 is 1. The molecule has 0 radical (unpaired) electrons. The van der Waals surface area contributed by atoms with Crippen molar-refractivity contribution in [3.8, 4) is 5.88 Å². The van der Waals surface area contributed by atoms with Crippen LogP contribution in [0.15, 0.2) is 18.3 Å². The lowest BCUT2D eigenvalue weighted by molar-refractivity contribution is 0.400. The molecule has 2 aromatic rings. The summed E-state index contributed by atoms with van der Waals surface area (Å²) in [7, 11) is 1.55. The quantitative estimate of drug-likeness (QED) is 0.735. The number of rotatable bonds is 1. The monoisotopic (exact) mass is 182 g/mol. The van der Waals surface area contributed by atoms with E-state index in [1.54, 1.807) is 13.2 Å². The summed E-state index contributed by atoms with van der Waals surface area (Å²) in [6.45, 7) is 0.